The first kappa shape index (κ1) is 9.83. The molecular weight excluding hydrogens is 218 g/mol. The van der Waals surface area contributed by atoms with Gasteiger partial charge in [0.2, 0.25) is 5.95 Å². The van der Waals surface area contributed by atoms with E-state index < -0.39 is 0 Å². The van der Waals surface area contributed by atoms with Gasteiger partial charge in [0.25, 0.3) is 0 Å². The second kappa shape index (κ2) is 3.58. The zero-order valence-electron chi connectivity index (χ0n) is 9.51. The first-order valence-corrected chi connectivity index (χ1v) is 5.17. The fourth-order valence-electron chi connectivity index (χ4n) is 1.63. The maximum atomic E-state index is 5.39. The van der Waals surface area contributed by atoms with E-state index in [0.717, 1.165) is 11.5 Å². The van der Waals surface area contributed by atoms with Crippen LogP contribution < -0.4 is 4.90 Å². The van der Waals surface area contributed by atoms with E-state index >= 15 is 0 Å². The Morgan fingerprint density at radius 1 is 1.29 bits per heavy atom. The molecule has 0 radical (unpaired) electrons. The number of nitrogens with one attached hydrogen (secondary N) is 1. The number of H-pyrrole nitrogens is 1. The van der Waals surface area contributed by atoms with E-state index in [4.69, 9.17) is 4.42 Å². The molecule has 0 fully saturated rings. The summed E-state index contributed by atoms with van der Waals surface area (Å²) in [6.45, 7) is 0. The van der Waals surface area contributed by atoms with Crippen molar-refractivity contribution in [3.8, 4) is 23.0 Å². The van der Waals surface area contributed by atoms with E-state index in [-0.39, 0.29) is 0 Å². The number of furan rings is 1. The lowest BCUT2D eigenvalue weighted by Crippen LogP contribution is -2.14. The highest BCUT2D eigenvalue weighted by Crippen LogP contribution is 2.29. The third-order valence-corrected chi connectivity index (χ3v) is 2.46. The predicted molar refractivity (Wildman–Crippen MR) is 62.8 cm³/mol. The Morgan fingerprint density at radius 2 is 2.18 bits per heavy atom. The Morgan fingerprint density at radius 3 is 2.88 bits per heavy atom. The van der Waals surface area contributed by atoms with Gasteiger partial charge >= 0.3 is 0 Å². The molecule has 0 saturated heterocycles. The normalized spacial score (nSPS) is 10.9. The molecule has 6 nitrogen and oxygen atoms in total. The van der Waals surface area contributed by atoms with Gasteiger partial charge in [0.15, 0.2) is 11.6 Å². The molecule has 3 rings (SSSR count). The SMILES string of the molecule is CN(C)c1nc2ncnc-2c(-c2ccco2)[nH]1. The monoisotopic (exact) mass is 229 g/mol. The third kappa shape index (κ3) is 1.54. The molecule has 86 valence electrons. The van der Waals surface area contributed by atoms with Gasteiger partial charge in [0, 0.05) is 14.1 Å². The third-order valence-electron chi connectivity index (χ3n) is 2.46. The number of aromatic amines is 1. The van der Waals surface area contributed by atoms with Gasteiger partial charge in [-0.15, -0.1) is 0 Å². The maximum absolute atomic E-state index is 5.39. The molecule has 1 aromatic rings. The van der Waals surface area contributed by atoms with E-state index in [1.807, 2.05) is 31.1 Å². The first-order chi connectivity index (χ1) is 8.25. The van der Waals surface area contributed by atoms with Crippen LogP contribution in [0.3, 0.4) is 0 Å². The zero-order chi connectivity index (χ0) is 11.8. The molecule has 0 amide bonds. The van der Waals surface area contributed by atoms with Crippen LogP contribution in [0.4, 0.5) is 5.95 Å². The number of anilines is 1. The summed E-state index contributed by atoms with van der Waals surface area (Å²) in [4.78, 5) is 17.7. The van der Waals surface area contributed by atoms with Crippen LogP contribution in [0, 0.1) is 0 Å². The molecule has 2 aliphatic heterocycles. The Labute approximate surface area is 97.7 Å². The van der Waals surface area contributed by atoms with Crippen molar-refractivity contribution in [2.75, 3.05) is 19.0 Å². The summed E-state index contributed by atoms with van der Waals surface area (Å²) in [6.07, 6.45) is 3.12. The molecule has 17 heavy (non-hydrogen) atoms. The van der Waals surface area contributed by atoms with Crippen molar-refractivity contribution < 1.29 is 4.42 Å². The van der Waals surface area contributed by atoms with E-state index in [0.29, 0.717) is 17.5 Å². The van der Waals surface area contributed by atoms with E-state index in [2.05, 4.69) is 19.9 Å². The predicted octanol–water partition coefficient (Wildman–Crippen LogP) is 1.63. The fraction of sp³-hybridized carbons (Fsp3) is 0.182. The molecule has 0 atom stereocenters. The van der Waals surface area contributed by atoms with Crippen molar-refractivity contribution in [2.45, 2.75) is 0 Å². The molecule has 0 aliphatic carbocycles. The number of imidazole rings is 1. The highest BCUT2D eigenvalue weighted by Gasteiger charge is 2.19. The minimum atomic E-state index is 0.610. The highest BCUT2D eigenvalue weighted by atomic mass is 16.3. The minimum Gasteiger partial charge on any atom is -0.463 e. The van der Waals surface area contributed by atoms with Crippen molar-refractivity contribution in [1.29, 1.82) is 0 Å². The lowest BCUT2D eigenvalue weighted by atomic mass is 10.2. The summed E-state index contributed by atoms with van der Waals surface area (Å²) in [5.41, 5.74) is 1.51. The summed E-state index contributed by atoms with van der Waals surface area (Å²) in [7, 11) is 3.82. The van der Waals surface area contributed by atoms with Gasteiger partial charge in [-0.2, -0.15) is 4.98 Å². The van der Waals surface area contributed by atoms with Crippen LogP contribution in [0.2, 0.25) is 0 Å². The molecule has 0 saturated carbocycles. The highest BCUT2D eigenvalue weighted by molar-refractivity contribution is 5.73. The van der Waals surface area contributed by atoms with Crippen LogP contribution in [0.1, 0.15) is 0 Å². The fourth-order valence-corrected chi connectivity index (χ4v) is 1.63. The van der Waals surface area contributed by atoms with Crippen LogP contribution in [0.5, 0.6) is 0 Å². The molecule has 2 aliphatic rings. The molecule has 1 N–H and O–H groups in total. The van der Waals surface area contributed by atoms with Gasteiger partial charge in [0.1, 0.15) is 17.7 Å². The standard InChI is InChI=1S/C11H11N5O/c1-16(2)11-14-8(7-4-3-5-17-7)9-10(15-11)13-6-12-9/h3-6H,1-2H3,(H,12,13,14,15). The van der Waals surface area contributed by atoms with Crippen LogP contribution in [-0.2, 0) is 0 Å². The molecule has 0 aromatic carbocycles. The van der Waals surface area contributed by atoms with Crippen molar-refractivity contribution >= 4 is 5.95 Å². The molecule has 0 bridgehead atoms. The second-order valence-electron chi connectivity index (χ2n) is 3.85. The Kier molecular flexibility index (Phi) is 2.07. The summed E-state index contributed by atoms with van der Waals surface area (Å²) < 4.78 is 5.39. The Bertz CT molecular complexity index is 598. The van der Waals surface area contributed by atoms with E-state index in [1.54, 1.807) is 6.26 Å². The summed E-state index contributed by atoms with van der Waals surface area (Å²) in [6, 6.07) is 3.71. The summed E-state index contributed by atoms with van der Waals surface area (Å²) in [5, 5.41) is 0. The number of hydrogen-bond acceptors (Lipinski definition) is 5. The molecular formula is C11H11N5O. The van der Waals surface area contributed by atoms with Gasteiger partial charge in [0.05, 0.1) is 6.26 Å². The average molecular weight is 229 g/mol. The quantitative estimate of drug-likeness (QED) is 0.723. The van der Waals surface area contributed by atoms with Gasteiger partial charge in [-0.3, -0.25) is 0 Å². The topological polar surface area (TPSA) is 70.8 Å². The van der Waals surface area contributed by atoms with Gasteiger partial charge in [-0.05, 0) is 12.1 Å². The number of rotatable bonds is 2. The van der Waals surface area contributed by atoms with E-state index in [9.17, 15) is 0 Å². The second-order valence-corrected chi connectivity index (χ2v) is 3.85. The minimum absolute atomic E-state index is 0.610. The average Bonchev–Trinajstić information content (AvgIpc) is 2.98. The van der Waals surface area contributed by atoms with Gasteiger partial charge in [-0.1, -0.05) is 0 Å². The largest absolute Gasteiger partial charge is 0.463 e. The molecule has 0 spiro atoms. The summed E-state index contributed by atoms with van der Waals surface area (Å²) >= 11 is 0. The number of hydrogen-bond donors (Lipinski definition) is 1. The lowest BCUT2D eigenvalue weighted by molar-refractivity contribution is 0.580. The number of nitrogens with zero attached hydrogens (tertiary/aromatic N) is 4. The zero-order valence-corrected chi connectivity index (χ0v) is 9.51. The van der Waals surface area contributed by atoms with Crippen molar-refractivity contribution in [2.24, 2.45) is 0 Å². The molecule has 1 aromatic heterocycles. The van der Waals surface area contributed by atoms with E-state index in [1.165, 1.54) is 6.33 Å². The van der Waals surface area contributed by atoms with Gasteiger partial charge in [-0.25, -0.2) is 9.97 Å². The van der Waals surface area contributed by atoms with Crippen LogP contribution >= 0.6 is 0 Å². The van der Waals surface area contributed by atoms with Crippen LogP contribution in [0.15, 0.2) is 29.1 Å². The van der Waals surface area contributed by atoms with Crippen molar-refractivity contribution in [3.05, 3.63) is 24.7 Å². The number of fused-ring (bicyclic) bond motifs is 1. The smallest absolute Gasteiger partial charge is 0.204 e. The van der Waals surface area contributed by atoms with Gasteiger partial charge < -0.3 is 14.3 Å². The molecule has 3 heterocycles. The number of aromatic nitrogens is 4. The van der Waals surface area contributed by atoms with Crippen molar-refractivity contribution in [3.63, 3.8) is 0 Å². The Balaban J connectivity index is 2.26. The lowest BCUT2D eigenvalue weighted by Gasteiger charge is -2.14. The molecule has 0 unspecified atom stereocenters. The maximum Gasteiger partial charge on any atom is 0.204 e. The van der Waals surface area contributed by atoms with Crippen LogP contribution in [0.25, 0.3) is 23.0 Å². The van der Waals surface area contributed by atoms with Crippen LogP contribution in [-0.4, -0.2) is 34.0 Å². The molecule has 6 heteroatoms. The van der Waals surface area contributed by atoms with Crippen molar-refractivity contribution in [1.82, 2.24) is 19.9 Å². The summed E-state index contributed by atoms with van der Waals surface area (Å²) in [5.74, 6) is 2.05. The Hall–Kier alpha value is -2.37. The first-order valence-electron chi connectivity index (χ1n) is 5.17.